The van der Waals surface area contributed by atoms with Gasteiger partial charge in [0.25, 0.3) is 0 Å². The Kier molecular flexibility index (Phi) is 4.85. The van der Waals surface area contributed by atoms with Crippen LogP contribution in [0.3, 0.4) is 0 Å². The standard InChI is InChI=1S/C17H22N2S/c1-2-6-15(7-3-1)17-9-8-16(20-17)14-18-10-13-19-11-4-5-12-19/h1-3,6-9,18H,4-5,10-14H2. The Morgan fingerprint density at radius 1 is 1.00 bits per heavy atom. The van der Waals surface area contributed by atoms with Gasteiger partial charge in [0.05, 0.1) is 0 Å². The fourth-order valence-electron chi connectivity index (χ4n) is 2.69. The van der Waals surface area contributed by atoms with E-state index in [0.29, 0.717) is 0 Å². The fraction of sp³-hybridized carbons (Fsp3) is 0.412. The van der Waals surface area contributed by atoms with Gasteiger partial charge >= 0.3 is 0 Å². The van der Waals surface area contributed by atoms with Crippen molar-refractivity contribution in [2.45, 2.75) is 19.4 Å². The molecule has 1 aromatic heterocycles. The van der Waals surface area contributed by atoms with Crippen molar-refractivity contribution in [2.75, 3.05) is 26.2 Å². The second-order valence-corrected chi connectivity index (χ2v) is 6.53. The molecule has 0 unspecified atom stereocenters. The van der Waals surface area contributed by atoms with Crippen molar-refractivity contribution >= 4 is 11.3 Å². The molecule has 0 saturated carbocycles. The third-order valence-electron chi connectivity index (χ3n) is 3.82. The van der Waals surface area contributed by atoms with Gasteiger partial charge in [0.2, 0.25) is 0 Å². The molecule has 0 spiro atoms. The van der Waals surface area contributed by atoms with E-state index in [1.807, 2.05) is 11.3 Å². The lowest BCUT2D eigenvalue weighted by molar-refractivity contribution is 0.336. The lowest BCUT2D eigenvalue weighted by Crippen LogP contribution is -2.29. The Labute approximate surface area is 125 Å². The predicted molar refractivity (Wildman–Crippen MR) is 87.1 cm³/mol. The molecule has 0 radical (unpaired) electrons. The molecule has 106 valence electrons. The van der Waals surface area contributed by atoms with Crippen molar-refractivity contribution in [1.29, 1.82) is 0 Å². The van der Waals surface area contributed by atoms with Crippen LogP contribution in [0.4, 0.5) is 0 Å². The molecule has 1 aliphatic rings. The van der Waals surface area contributed by atoms with Crippen molar-refractivity contribution in [2.24, 2.45) is 0 Å². The molecular weight excluding hydrogens is 264 g/mol. The number of nitrogens with zero attached hydrogens (tertiary/aromatic N) is 1. The lowest BCUT2D eigenvalue weighted by atomic mass is 10.2. The zero-order valence-electron chi connectivity index (χ0n) is 11.8. The summed E-state index contributed by atoms with van der Waals surface area (Å²) in [5.74, 6) is 0. The van der Waals surface area contributed by atoms with E-state index in [1.165, 1.54) is 47.8 Å². The minimum Gasteiger partial charge on any atom is -0.311 e. The smallest absolute Gasteiger partial charge is 0.0346 e. The second kappa shape index (κ2) is 7.02. The molecule has 2 nitrogen and oxygen atoms in total. The Bertz CT molecular complexity index is 515. The fourth-order valence-corrected chi connectivity index (χ4v) is 3.67. The van der Waals surface area contributed by atoms with Crippen LogP contribution in [0.5, 0.6) is 0 Å². The van der Waals surface area contributed by atoms with Crippen LogP contribution in [-0.2, 0) is 6.54 Å². The summed E-state index contributed by atoms with van der Waals surface area (Å²) in [6.45, 7) is 5.86. The van der Waals surface area contributed by atoms with E-state index in [4.69, 9.17) is 0 Å². The Balaban J connectivity index is 1.45. The zero-order chi connectivity index (χ0) is 13.6. The van der Waals surface area contributed by atoms with Crippen LogP contribution in [0.25, 0.3) is 10.4 Å². The minimum atomic E-state index is 0.991. The van der Waals surface area contributed by atoms with Gasteiger partial charge in [-0.15, -0.1) is 11.3 Å². The van der Waals surface area contributed by atoms with E-state index in [-0.39, 0.29) is 0 Å². The number of rotatable bonds is 6. The third-order valence-corrected chi connectivity index (χ3v) is 4.96. The Hall–Kier alpha value is -1.16. The monoisotopic (exact) mass is 286 g/mol. The van der Waals surface area contributed by atoms with Gasteiger partial charge in [-0.2, -0.15) is 0 Å². The molecule has 0 amide bonds. The minimum absolute atomic E-state index is 0.991. The quantitative estimate of drug-likeness (QED) is 0.816. The largest absolute Gasteiger partial charge is 0.311 e. The summed E-state index contributed by atoms with van der Waals surface area (Å²) in [5, 5.41) is 3.56. The second-order valence-electron chi connectivity index (χ2n) is 5.36. The van der Waals surface area contributed by atoms with Crippen molar-refractivity contribution in [3.63, 3.8) is 0 Å². The van der Waals surface area contributed by atoms with Crippen LogP contribution in [0.1, 0.15) is 17.7 Å². The molecule has 1 saturated heterocycles. The highest BCUT2D eigenvalue weighted by Gasteiger charge is 2.10. The number of hydrogen-bond acceptors (Lipinski definition) is 3. The Morgan fingerprint density at radius 3 is 2.60 bits per heavy atom. The number of hydrogen-bond donors (Lipinski definition) is 1. The molecule has 1 aliphatic heterocycles. The molecule has 2 heterocycles. The molecule has 1 fully saturated rings. The van der Waals surface area contributed by atoms with Crippen molar-refractivity contribution in [3.05, 3.63) is 47.3 Å². The van der Waals surface area contributed by atoms with Crippen LogP contribution in [0, 0.1) is 0 Å². The topological polar surface area (TPSA) is 15.3 Å². The van der Waals surface area contributed by atoms with E-state index < -0.39 is 0 Å². The van der Waals surface area contributed by atoms with E-state index in [9.17, 15) is 0 Å². The molecule has 3 heteroatoms. The first-order valence-electron chi connectivity index (χ1n) is 7.49. The van der Waals surface area contributed by atoms with Gasteiger partial charge in [0.1, 0.15) is 0 Å². The molecule has 2 aromatic rings. The summed E-state index contributed by atoms with van der Waals surface area (Å²) >= 11 is 1.89. The highest BCUT2D eigenvalue weighted by molar-refractivity contribution is 7.15. The van der Waals surface area contributed by atoms with Gasteiger partial charge in [-0.25, -0.2) is 0 Å². The van der Waals surface area contributed by atoms with E-state index in [1.54, 1.807) is 0 Å². The maximum absolute atomic E-state index is 3.56. The van der Waals surface area contributed by atoms with Gasteiger partial charge < -0.3 is 10.2 Å². The SMILES string of the molecule is c1ccc(-c2ccc(CNCCN3CCCC3)s2)cc1. The zero-order valence-corrected chi connectivity index (χ0v) is 12.7. The average Bonchev–Trinajstić information content (AvgIpc) is 3.16. The van der Waals surface area contributed by atoms with Gasteiger partial charge in [0.15, 0.2) is 0 Å². The van der Waals surface area contributed by atoms with Crippen LogP contribution < -0.4 is 5.32 Å². The average molecular weight is 286 g/mol. The molecular formula is C17H22N2S. The van der Waals surface area contributed by atoms with Gasteiger partial charge in [-0.3, -0.25) is 0 Å². The number of likely N-dealkylation sites (tertiary alicyclic amines) is 1. The van der Waals surface area contributed by atoms with Crippen molar-refractivity contribution in [3.8, 4) is 10.4 Å². The number of thiophene rings is 1. The first-order chi connectivity index (χ1) is 9.92. The molecule has 1 N–H and O–H groups in total. The molecule has 0 atom stereocenters. The summed E-state index contributed by atoms with van der Waals surface area (Å²) < 4.78 is 0. The van der Waals surface area contributed by atoms with Crippen molar-refractivity contribution < 1.29 is 0 Å². The van der Waals surface area contributed by atoms with Gasteiger partial charge in [-0.05, 0) is 43.6 Å². The maximum atomic E-state index is 3.56. The van der Waals surface area contributed by atoms with Crippen LogP contribution in [0.2, 0.25) is 0 Å². The Morgan fingerprint density at radius 2 is 1.80 bits per heavy atom. The normalized spacial score (nSPS) is 15.8. The van der Waals surface area contributed by atoms with Crippen LogP contribution in [-0.4, -0.2) is 31.1 Å². The van der Waals surface area contributed by atoms with Gasteiger partial charge in [-0.1, -0.05) is 30.3 Å². The number of benzene rings is 1. The van der Waals surface area contributed by atoms with E-state index in [0.717, 1.165) is 13.1 Å². The summed E-state index contributed by atoms with van der Waals surface area (Å²) in [6, 6.07) is 15.1. The maximum Gasteiger partial charge on any atom is 0.0346 e. The first kappa shape index (κ1) is 13.8. The van der Waals surface area contributed by atoms with E-state index in [2.05, 4.69) is 52.7 Å². The van der Waals surface area contributed by atoms with Gasteiger partial charge in [0, 0.05) is 29.4 Å². The highest BCUT2D eigenvalue weighted by atomic mass is 32.1. The molecule has 1 aromatic carbocycles. The molecule has 0 bridgehead atoms. The van der Waals surface area contributed by atoms with Crippen molar-refractivity contribution in [1.82, 2.24) is 10.2 Å². The molecule has 20 heavy (non-hydrogen) atoms. The third kappa shape index (κ3) is 3.69. The van der Waals surface area contributed by atoms with E-state index >= 15 is 0 Å². The predicted octanol–water partition coefficient (Wildman–Crippen LogP) is 3.60. The lowest BCUT2D eigenvalue weighted by Gasteiger charge is -2.14. The summed E-state index contributed by atoms with van der Waals surface area (Å²) in [4.78, 5) is 5.34. The molecule has 0 aliphatic carbocycles. The number of nitrogens with one attached hydrogen (secondary N) is 1. The van der Waals surface area contributed by atoms with Crippen LogP contribution >= 0.6 is 11.3 Å². The molecule has 3 rings (SSSR count). The summed E-state index contributed by atoms with van der Waals surface area (Å²) in [5.41, 5.74) is 1.32. The first-order valence-corrected chi connectivity index (χ1v) is 8.31. The van der Waals surface area contributed by atoms with Crippen LogP contribution in [0.15, 0.2) is 42.5 Å². The summed E-state index contributed by atoms with van der Waals surface area (Å²) in [7, 11) is 0. The summed E-state index contributed by atoms with van der Waals surface area (Å²) in [6.07, 6.45) is 2.76. The highest BCUT2D eigenvalue weighted by Crippen LogP contribution is 2.27.